The van der Waals surface area contributed by atoms with Crippen LogP contribution in [0.2, 0.25) is 0 Å². The molecule has 0 aromatic heterocycles. The maximum Gasteiger partial charge on any atom is 0.257 e. The molecule has 1 N–H and O–H groups in total. The maximum absolute atomic E-state index is 13.7. The highest BCUT2D eigenvalue weighted by atomic mass is 32.2. The Balaban J connectivity index is 1.43. The van der Waals surface area contributed by atoms with Gasteiger partial charge in [0.15, 0.2) is 0 Å². The van der Waals surface area contributed by atoms with E-state index in [9.17, 15) is 23.3 Å². The standard InChI is InChI=1S/C34H32N4O4S/c1-25(39)38(20-17-26-9-4-2-5-10-26)36-43(41,42)30-15-16-31(29-13-6-3-7-14-29)33(22-30)32-18-19-37(34(32)40)24-28-12-8-11-27(21-28)23-35/h2-16,21-22,32,36H,17-20,24H2,1H3/t32-/m0/s1. The van der Waals surface area contributed by atoms with E-state index in [1.807, 2.05) is 66.7 Å². The van der Waals surface area contributed by atoms with Crippen LogP contribution < -0.4 is 4.83 Å². The lowest BCUT2D eigenvalue weighted by Gasteiger charge is -2.23. The van der Waals surface area contributed by atoms with Gasteiger partial charge in [-0.2, -0.15) is 5.26 Å². The van der Waals surface area contributed by atoms with Crippen molar-refractivity contribution in [1.29, 1.82) is 5.26 Å². The lowest BCUT2D eigenvalue weighted by molar-refractivity contribution is -0.130. The van der Waals surface area contributed by atoms with Crippen molar-refractivity contribution in [3.63, 3.8) is 0 Å². The molecule has 4 aromatic carbocycles. The molecule has 0 unspecified atom stereocenters. The summed E-state index contributed by atoms with van der Waals surface area (Å²) in [6.07, 6.45) is 0.995. The fourth-order valence-electron chi connectivity index (χ4n) is 5.37. The first kappa shape index (κ1) is 29.7. The van der Waals surface area contributed by atoms with Crippen molar-refractivity contribution >= 4 is 21.8 Å². The van der Waals surface area contributed by atoms with Crippen molar-refractivity contribution < 1.29 is 18.0 Å². The summed E-state index contributed by atoms with van der Waals surface area (Å²) in [5, 5.41) is 10.4. The zero-order chi connectivity index (χ0) is 30.4. The molecule has 1 heterocycles. The summed E-state index contributed by atoms with van der Waals surface area (Å²) in [6.45, 7) is 2.34. The van der Waals surface area contributed by atoms with Gasteiger partial charge >= 0.3 is 0 Å². The van der Waals surface area contributed by atoms with Gasteiger partial charge in [-0.15, -0.1) is 4.83 Å². The Morgan fingerprint density at radius 3 is 2.35 bits per heavy atom. The zero-order valence-corrected chi connectivity index (χ0v) is 24.6. The largest absolute Gasteiger partial charge is 0.338 e. The summed E-state index contributed by atoms with van der Waals surface area (Å²) >= 11 is 0. The molecule has 8 nitrogen and oxygen atoms in total. The lowest BCUT2D eigenvalue weighted by Crippen LogP contribution is -2.46. The molecule has 0 aliphatic carbocycles. The van der Waals surface area contributed by atoms with Crippen LogP contribution in [0, 0.1) is 11.3 Å². The molecule has 5 rings (SSSR count). The minimum absolute atomic E-state index is 0.0267. The molecule has 1 fully saturated rings. The van der Waals surface area contributed by atoms with Gasteiger partial charge in [-0.25, -0.2) is 8.42 Å². The SMILES string of the molecule is CC(=O)N(CCc1ccccc1)NS(=O)(=O)c1ccc(-c2ccccc2)c([C@@H]2CCN(Cc3cccc(C#N)c3)C2=O)c1. The number of amides is 2. The van der Waals surface area contributed by atoms with E-state index in [2.05, 4.69) is 10.9 Å². The fraction of sp³-hybridized carbons (Fsp3) is 0.206. The molecule has 1 atom stereocenters. The Labute approximate surface area is 252 Å². The molecule has 43 heavy (non-hydrogen) atoms. The van der Waals surface area contributed by atoms with E-state index < -0.39 is 21.8 Å². The first-order valence-electron chi connectivity index (χ1n) is 14.1. The van der Waals surface area contributed by atoms with Crippen LogP contribution >= 0.6 is 0 Å². The summed E-state index contributed by atoms with van der Waals surface area (Å²) in [6, 6.07) is 33.2. The third-order valence-electron chi connectivity index (χ3n) is 7.60. The number of carbonyl (C=O) groups excluding carboxylic acids is 2. The van der Waals surface area contributed by atoms with E-state index in [0.29, 0.717) is 37.1 Å². The number of hydrogen-bond acceptors (Lipinski definition) is 5. The molecule has 9 heteroatoms. The lowest BCUT2D eigenvalue weighted by atomic mass is 9.89. The van der Waals surface area contributed by atoms with Crippen LogP contribution in [-0.4, -0.2) is 43.2 Å². The number of nitrogens with one attached hydrogen (secondary N) is 1. The molecule has 0 saturated carbocycles. The second kappa shape index (κ2) is 13.0. The normalized spacial score (nSPS) is 14.8. The summed E-state index contributed by atoms with van der Waals surface area (Å²) < 4.78 is 27.2. The van der Waals surface area contributed by atoms with Gasteiger partial charge in [0, 0.05) is 26.6 Å². The van der Waals surface area contributed by atoms with E-state index in [-0.39, 0.29) is 17.3 Å². The number of hydrazine groups is 1. The third-order valence-corrected chi connectivity index (χ3v) is 8.93. The highest BCUT2D eigenvalue weighted by molar-refractivity contribution is 7.89. The van der Waals surface area contributed by atoms with E-state index in [1.165, 1.54) is 13.0 Å². The number of carbonyl (C=O) groups is 2. The van der Waals surface area contributed by atoms with Crippen LogP contribution in [0.3, 0.4) is 0 Å². The average molecular weight is 593 g/mol. The summed E-state index contributed by atoms with van der Waals surface area (Å²) in [4.78, 5) is 30.3. The van der Waals surface area contributed by atoms with Crippen LogP contribution in [0.1, 0.15) is 41.5 Å². The number of benzene rings is 4. The Hall–Kier alpha value is -4.78. The first-order chi connectivity index (χ1) is 20.7. The topological polar surface area (TPSA) is 111 Å². The summed E-state index contributed by atoms with van der Waals surface area (Å²) in [5.74, 6) is -1.08. The number of sulfonamides is 1. The molecule has 0 bridgehead atoms. The van der Waals surface area contributed by atoms with Gasteiger partial charge in [0.05, 0.1) is 22.4 Å². The molecule has 0 spiro atoms. The van der Waals surface area contributed by atoms with Gasteiger partial charge < -0.3 is 4.90 Å². The van der Waals surface area contributed by atoms with Crippen LogP contribution in [0.5, 0.6) is 0 Å². The number of likely N-dealkylation sites (tertiary alicyclic amines) is 1. The smallest absolute Gasteiger partial charge is 0.257 e. The number of hydrogen-bond donors (Lipinski definition) is 1. The van der Waals surface area contributed by atoms with E-state index in [1.54, 1.807) is 35.2 Å². The molecule has 0 radical (unpaired) electrons. The highest BCUT2D eigenvalue weighted by Gasteiger charge is 2.35. The van der Waals surface area contributed by atoms with Gasteiger partial charge in [-0.1, -0.05) is 78.9 Å². The van der Waals surface area contributed by atoms with E-state index >= 15 is 0 Å². The molecular weight excluding hydrogens is 560 g/mol. The van der Waals surface area contributed by atoms with Crippen LogP contribution in [0.25, 0.3) is 11.1 Å². The van der Waals surface area contributed by atoms with E-state index in [4.69, 9.17) is 0 Å². The van der Waals surface area contributed by atoms with Gasteiger partial charge in [0.2, 0.25) is 11.8 Å². The molecule has 1 saturated heterocycles. The molecule has 1 aliphatic rings. The summed E-state index contributed by atoms with van der Waals surface area (Å²) in [7, 11) is -4.15. The van der Waals surface area contributed by atoms with Crippen molar-refractivity contribution in [2.45, 2.75) is 37.1 Å². The van der Waals surface area contributed by atoms with Crippen molar-refractivity contribution in [3.8, 4) is 17.2 Å². The molecule has 218 valence electrons. The average Bonchev–Trinajstić information content (AvgIpc) is 3.38. The molecule has 2 amide bonds. The van der Waals surface area contributed by atoms with Crippen molar-refractivity contribution in [1.82, 2.24) is 14.7 Å². The second-order valence-corrected chi connectivity index (χ2v) is 12.2. The van der Waals surface area contributed by atoms with Gasteiger partial charge in [-0.05, 0) is 64.9 Å². The van der Waals surface area contributed by atoms with Crippen LogP contribution in [-0.2, 0) is 32.6 Å². The van der Waals surface area contributed by atoms with Crippen LogP contribution in [0.4, 0.5) is 0 Å². The Morgan fingerprint density at radius 1 is 0.953 bits per heavy atom. The molecular formula is C34H32N4O4S. The van der Waals surface area contributed by atoms with Crippen molar-refractivity contribution in [3.05, 3.63) is 125 Å². The maximum atomic E-state index is 13.7. The number of rotatable bonds is 10. The highest BCUT2D eigenvalue weighted by Crippen LogP contribution is 2.37. The minimum atomic E-state index is -4.15. The summed E-state index contributed by atoms with van der Waals surface area (Å²) in [5.41, 5.74) is 4.63. The molecule has 1 aliphatic heterocycles. The van der Waals surface area contributed by atoms with Gasteiger partial charge in [0.25, 0.3) is 10.0 Å². The van der Waals surface area contributed by atoms with Crippen molar-refractivity contribution in [2.75, 3.05) is 13.1 Å². The number of nitrogens with zero attached hydrogens (tertiary/aromatic N) is 3. The van der Waals surface area contributed by atoms with Gasteiger partial charge in [-0.3, -0.25) is 14.6 Å². The van der Waals surface area contributed by atoms with Crippen LogP contribution in [0.15, 0.2) is 108 Å². The molecule has 4 aromatic rings. The van der Waals surface area contributed by atoms with E-state index in [0.717, 1.165) is 27.3 Å². The zero-order valence-electron chi connectivity index (χ0n) is 23.8. The van der Waals surface area contributed by atoms with Crippen molar-refractivity contribution in [2.24, 2.45) is 0 Å². The third kappa shape index (κ3) is 7.00. The monoisotopic (exact) mass is 592 g/mol. The predicted octanol–water partition coefficient (Wildman–Crippen LogP) is 5.03. The van der Waals surface area contributed by atoms with Gasteiger partial charge in [0.1, 0.15) is 0 Å². The fourth-order valence-corrected chi connectivity index (χ4v) is 6.52. The predicted molar refractivity (Wildman–Crippen MR) is 164 cm³/mol. The quantitative estimate of drug-likeness (QED) is 0.260. The first-order valence-corrected chi connectivity index (χ1v) is 15.5. The Bertz CT molecular complexity index is 1770. The minimum Gasteiger partial charge on any atom is -0.338 e. The second-order valence-electron chi connectivity index (χ2n) is 10.5. The Morgan fingerprint density at radius 2 is 1.65 bits per heavy atom. The number of nitriles is 1. The Kier molecular flexibility index (Phi) is 9.00.